The van der Waals surface area contributed by atoms with E-state index in [1.807, 2.05) is 0 Å². The van der Waals surface area contributed by atoms with Crippen molar-refractivity contribution in [1.82, 2.24) is 0 Å². The molecule has 2 nitrogen and oxygen atoms in total. The number of isothiocyanates is 1. The van der Waals surface area contributed by atoms with Gasteiger partial charge in [0.2, 0.25) is 0 Å². The van der Waals surface area contributed by atoms with Crippen LogP contribution < -0.4 is 0 Å². The molecular weight excluding hydrogens is 225 g/mol. The molecule has 0 N–H and O–H groups in total. The first-order valence-corrected chi connectivity index (χ1v) is 4.22. The fraction of sp³-hybridized carbons (Fsp3) is 0.333. The maximum atomic E-state index is 12.2. The Morgan fingerprint density at radius 2 is 2.13 bits per heavy atom. The van der Waals surface area contributed by atoms with Crippen LogP contribution in [0.4, 0.5) is 13.2 Å². The molecule has 0 aromatic rings. The molecule has 0 aromatic heterocycles. The van der Waals surface area contributed by atoms with E-state index in [0.29, 0.717) is 0 Å². The van der Waals surface area contributed by atoms with E-state index in [9.17, 15) is 13.2 Å². The molecule has 0 aliphatic carbocycles. The topological polar surface area (TPSA) is 36.1 Å². The Morgan fingerprint density at radius 1 is 1.53 bits per heavy atom. The molecule has 0 spiro atoms. The molecule has 0 saturated carbocycles. The minimum Gasteiger partial charge on any atom is -0.228 e. The van der Waals surface area contributed by atoms with Gasteiger partial charge in [0, 0.05) is 5.57 Å². The molecule has 0 rings (SSSR count). The van der Waals surface area contributed by atoms with Crippen LogP contribution in [0, 0.1) is 11.3 Å². The number of thiocarbonyl (C=S) groups is 1. The number of allylic oxidation sites excluding steroid dienone is 3. The third kappa shape index (κ3) is 5.11. The van der Waals surface area contributed by atoms with Crippen molar-refractivity contribution in [3.05, 3.63) is 23.3 Å². The van der Waals surface area contributed by atoms with Crippen LogP contribution >= 0.6 is 12.2 Å². The number of halogens is 3. The fourth-order valence-electron chi connectivity index (χ4n) is 0.659. The van der Waals surface area contributed by atoms with Crippen LogP contribution in [-0.2, 0) is 0 Å². The average molecular weight is 232 g/mol. The Hall–Kier alpha value is -1.44. The van der Waals surface area contributed by atoms with E-state index in [1.54, 1.807) is 0 Å². The Kier molecular flexibility index (Phi) is 5.53. The van der Waals surface area contributed by atoms with Gasteiger partial charge >= 0.3 is 6.18 Å². The zero-order valence-electron chi connectivity index (χ0n) is 7.80. The minimum absolute atomic E-state index is 0.111. The summed E-state index contributed by atoms with van der Waals surface area (Å²) in [6.45, 7) is 0.963. The summed E-state index contributed by atoms with van der Waals surface area (Å²) >= 11 is 4.26. The maximum absolute atomic E-state index is 12.2. The SMILES string of the molecule is C/C(=C(C#N)\C=C/CN=C=S)C(F)(F)F. The van der Waals surface area contributed by atoms with Crippen molar-refractivity contribution in [2.75, 3.05) is 6.54 Å². The summed E-state index contributed by atoms with van der Waals surface area (Å²) < 4.78 is 36.5. The first-order valence-electron chi connectivity index (χ1n) is 3.81. The predicted octanol–water partition coefficient (Wildman–Crippen LogP) is 3.05. The number of aliphatic imine (C=N–C) groups is 1. The lowest BCUT2D eigenvalue weighted by molar-refractivity contribution is -0.0917. The van der Waals surface area contributed by atoms with Crippen LogP contribution in [-0.4, -0.2) is 17.9 Å². The Morgan fingerprint density at radius 3 is 2.53 bits per heavy atom. The van der Waals surface area contributed by atoms with Crippen LogP contribution in [0.2, 0.25) is 0 Å². The highest BCUT2D eigenvalue weighted by Gasteiger charge is 2.32. The van der Waals surface area contributed by atoms with Gasteiger partial charge in [-0.3, -0.25) is 0 Å². The van der Waals surface area contributed by atoms with Gasteiger partial charge in [0.1, 0.15) is 0 Å². The quantitative estimate of drug-likeness (QED) is 0.324. The number of hydrogen-bond acceptors (Lipinski definition) is 3. The van der Waals surface area contributed by atoms with E-state index >= 15 is 0 Å². The Bertz CT molecular complexity index is 368. The van der Waals surface area contributed by atoms with Crippen LogP contribution in [0.3, 0.4) is 0 Å². The van der Waals surface area contributed by atoms with Gasteiger partial charge < -0.3 is 0 Å². The number of hydrogen-bond donors (Lipinski definition) is 0. The van der Waals surface area contributed by atoms with Crippen molar-refractivity contribution in [2.24, 2.45) is 4.99 Å². The van der Waals surface area contributed by atoms with Crippen LogP contribution in [0.15, 0.2) is 28.3 Å². The van der Waals surface area contributed by atoms with Crippen molar-refractivity contribution in [1.29, 1.82) is 5.26 Å². The smallest absolute Gasteiger partial charge is 0.228 e. The normalized spacial score (nSPS) is 13.0. The van der Waals surface area contributed by atoms with Gasteiger partial charge in [0.05, 0.1) is 23.3 Å². The Balaban J connectivity index is 4.86. The number of nitriles is 1. The molecule has 80 valence electrons. The second kappa shape index (κ2) is 6.12. The molecule has 0 aliphatic heterocycles. The van der Waals surface area contributed by atoms with Gasteiger partial charge in [-0.05, 0) is 25.2 Å². The summed E-state index contributed by atoms with van der Waals surface area (Å²) in [6.07, 6.45) is -2.10. The molecule has 0 saturated heterocycles. The van der Waals surface area contributed by atoms with E-state index in [1.165, 1.54) is 12.1 Å². The molecule has 0 fully saturated rings. The molecule has 0 aliphatic rings. The standard InChI is InChI=1S/C9H7F3N2S/c1-7(9(10,11)12)8(5-13)3-2-4-14-6-15/h2-3H,4H2,1H3/b3-2-,8-7-. The average Bonchev–Trinajstić information content (AvgIpc) is 2.16. The van der Waals surface area contributed by atoms with Gasteiger partial charge in [0.25, 0.3) is 0 Å². The molecule has 6 heteroatoms. The van der Waals surface area contributed by atoms with Crippen molar-refractivity contribution in [3.8, 4) is 6.07 Å². The molecule has 0 bridgehead atoms. The highest BCUT2D eigenvalue weighted by Crippen LogP contribution is 2.27. The largest absolute Gasteiger partial charge is 0.413 e. The lowest BCUT2D eigenvalue weighted by Gasteiger charge is -2.06. The van der Waals surface area contributed by atoms with Gasteiger partial charge in [-0.15, -0.1) is 0 Å². The molecule has 0 aromatic carbocycles. The lowest BCUT2D eigenvalue weighted by atomic mass is 10.1. The Labute approximate surface area is 90.4 Å². The zero-order valence-corrected chi connectivity index (χ0v) is 8.61. The number of nitrogens with zero attached hydrogens (tertiary/aromatic N) is 2. The summed E-state index contributed by atoms with van der Waals surface area (Å²) in [5.41, 5.74) is -1.35. The molecule has 0 unspecified atom stereocenters. The third-order valence-electron chi connectivity index (χ3n) is 1.50. The molecule has 0 amide bonds. The van der Waals surface area contributed by atoms with E-state index in [2.05, 4.69) is 22.4 Å². The maximum Gasteiger partial charge on any atom is 0.413 e. The molecular formula is C9H7F3N2S. The van der Waals surface area contributed by atoms with Crippen LogP contribution in [0.25, 0.3) is 0 Å². The summed E-state index contributed by atoms with van der Waals surface area (Å²) in [5.74, 6) is 0. The van der Waals surface area contributed by atoms with Crippen molar-refractivity contribution >= 4 is 17.4 Å². The zero-order chi connectivity index (χ0) is 11.9. The van der Waals surface area contributed by atoms with Gasteiger partial charge in [-0.2, -0.15) is 18.4 Å². The second-order valence-electron chi connectivity index (χ2n) is 2.48. The molecule has 0 heterocycles. The number of rotatable bonds is 3. The minimum atomic E-state index is -4.48. The molecule has 15 heavy (non-hydrogen) atoms. The molecule has 0 atom stereocenters. The fourth-order valence-corrected chi connectivity index (χ4v) is 0.734. The summed E-state index contributed by atoms with van der Waals surface area (Å²) in [6, 6.07) is 1.47. The highest BCUT2D eigenvalue weighted by atomic mass is 32.1. The summed E-state index contributed by atoms with van der Waals surface area (Å²) in [4.78, 5) is 3.46. The summed E-state index contributed by atoms with van der Waals surface area (Å²) in [5, 5.41) is 10.5. The van der Waals surface area contributed by atoms with E-state index in [4.69, 9.17) is 5.26 Å². The predicted molar refractivity (Wildman–Crippen MR) is 53.4 cm³/mol. The van der Waals surface area contributed by atoms with Crippen molar-refractivity contribution < 1.29 is 13.2 Å². The van der Waals surface area contributed by atoms with E-state index in [-0.39, 0.29) is 6.54 Å². The van der Waals surface area contributed by atoms with Crippen LogP contribution in [0.1, 0.15) is 6.92 Å². The lowest BCUT2D eigenvalue weighted by Crippen LogP contribution is -2.10. The first-order chi connectivity index (χ1) is 6.93. The van der Waals surface area contributed by atoms with Crippen molar-refractivity contribution in [2.45, 2.75) is 13.1 Å². The van der Waals surface area contributed by atoms with Gasteiger partial charge in [-0.25, -0.2) is 4.99 Å². The van der Waals surface area contributed by atoms with Crippen molar-refractivity contribution in [3.63, 3.8) is 0 Å². The van der Waals surface area contributed by atoms with Gasteiger partial charge in [0.15, 0.2) is 0 Å². The van der Waals surface area contributed by atoms with E-state index in [0.717, 1.165) is 13.0 Å². The first kappa shape index (κ1) is 13.6. The summed E-state index contributed by atoms with van der Waals surface area (Å²) in [7, 11) is 0. The highest BCUT2D eigenvalue weighted by molar-refractivity contribution is 7.78. The monoisotopic (exact) mass is 232 g/mol. The third-order valence-corrected chi connectivity index (χ3v) is 1.62. The number of alkyl halides is 3. The molecule has 0 radical (unpaired) electrons. The van der Waals surface area contributed by atoms with E-state index < -0.39 is 17.3 Å². The van der Waals surface area contributed by atoms with Crippen LogP contribution in [0.5, 0.6) is 0 Å². The second-order valence-corrected chi connectivity index (χ2v) is 2.67. The van der Waals surface area contributed by atoms with Gasteiger partial charge in [-0.1, -0.05) is 6.08 Å².